The van der Waals surface area contributed by atoms with E-state index in [9.17, 15) is 0 Å². The van der Waals surface area contributed by atoms with Gasteiger partial charge in [-0.05, 0) is 29.8 Å². The van der Waals surface area contributed by atoms with E-state index in [0.717, 1.165) is 22.6 Å². The highest BCUT2D eigenvalue weighted by atomic mass is 16.6. The molecule has 2 aliphatic rings. The van der Waals surface area contributed by atoms with Crippen molar-refractivity contribution < 1.29 is 14.2 Å². The fourth-order valence-corrected chi connectivity index (χ4v) is 2.99. The van der Waals surface area contributed by atoms with Gasteiger partial charge in [-0.1, -0.05) is 36.4 Å². The number of para-hydroxylation sites is 1. The second kappa shape index (κ2) is 4.64. The zero-order valence-corrected chi connectivity index (χ0v) is 11.8. The normalized spacial score (nSPS) is 25.9. The van der Waals surface area contributed by atoms with Crippen molar-refractivity contribution in [2.45, 2.75) is 11.7 Å². The van der Waals surface area contributed by atoms with Gasteiger partial charge < -0.3 is 14.2 Å². The molecule has 0 fully saturated rings. The number of hydrogen-bond acceptors (Lipinski definition) is 3. The van der Waals surface area contributed by atoms with E-state index in [0.29, 0.717) is 6.61 Å². The summed E-state index contributed by atoms with van der Waals surface area (Å²) in [5, 5.41) is 0. The Balaban J connectivity index is 1.66. The van der Waals surface area contributed by atoms with E-state index in [-0.39, 0.29) is 6.10 Å². The van der Waals surface area contributed by atoms with Gasteiger partial charge in [0.2, 0.25) is 0 Å². The van der Waals surface area contributed by atoms with Crippen molar-refractivity contribution in [2.75, 3.05) is 13.7 Å². The quantitative estimate of drug-likeness (QED) is 0.786. The molecule has 2 heterocycles. The molecule has 0 aromatic heterocycles. The van der Waals surface area contributed by atoms with Crippen LogP contribution in [0, 0.1) is 0 Å². The molecule has 3 heteroatoms. The molecule has 0 saturated heterocycles. The van der Waals surface area contributed by atoms with Crippen LogP contribution in [0.3, 0.4) is 0 Å². The summed E-state index contributed by atoms with van der Waals surface area (Å²) in [7, 11) is 1.67. The van der Waals surface area contributed by atoms with E-state index < -0.39 is 5.60 Å². The van der Waals surface area contributed by atoms with Gasteiger partial charge in [0, 0.05) is 5.56 Å². The standard InChI is InChI=1S/C18H16O3/c1-19-14-6-4-5-13(11-14)16-9-10-18(21-16)12-20-17-8-3-2-7-15(17)18/h2-11,16H,12H2,1H3/t16-,18+/m1/s1. The van der Waals surface area contributed by atoms with Gasteiger partial charge in [-0.3, -0.25) is 0 Å². The van der Waals surface area contributed by atoms with Crippen LogP contribution in [0.5, 0.6) is 11.5 Å². The van der Waals surface area contributed by atoms with E-state index >= 15 is 0 Å². The minimum Gasteiger partial charge on any atom is -0.497 e. The summed E-state index contributed by atoms with van der Waals surface area (Å²) < 4.78 is 17.4. The van der Waals surface area contributed by atoms with Crippen molar-refractivity contribution in [3.8, 4) is 11.5 Å². The average molecular weight is 280 g/mol. The lowest BCUT2D eigenvalue weighted by molar-refractivity contribution is -0.0391. The molecule has 106 valence electrons. The van der Waals surface area contributed by atoms with Gasteiger partial charge in [0.15, 0.2) is 0 Å². The van der Waals surface area contributed by atoms with Crippen LogP contribution in [0.15, 0.2) is 60.7 Å². The number of fused-ring (bicyclic) bond motifs is 2. The van der Waals surface area contributed by atoms with E-state index in [1.54, 1.807) is 7.11 Å². The molecule has 1 spiro atoms. The minimum atomic E-state index is -0.454. The van der Waals surface area contributed by atoms with Crippen molar-refractivity contribution in [3.63, 3.8) is 0 Å². The molecule has 2 aromatic carbocycles. The molecule has 0 unspecified atom stereocenters. The highest BCUT2D eigenvalue weighted by Crippen LogP contribution is 2.47. The Morgan fingerprint density at radius 2 is 2.05 bits per heavy atom. The molecule has 0 N–H and O–H groups in total. The van der Waals surface area contributed by atoms with Crippen molar-refractivity contribution in [1.82, 2.24) is 0 Å². The molecule has 2 aliphatic heterocycles. The smallest absolute Gasteiger partial charge is 0.150 e. The SMILES string of the molecule is COc1cccc([C@H]2C=C[C@@]3(COc4ccccc43)O2)c1. The monoisotopic (exact) mass is 280 g/mol. The fraction of sp³-hybridized carbons (Fsp3) is 0.222. The van der Waals surface area contributed by atoms with Crippen LogP contribution < -0.4 is 9.47 Å². The topological polar surface area (TPSA) is 27.7 Å². The molecule has 0 bridgehead atoms. The lowest BCUT2D eigenvalue weighted by Gasteiger charge is -2.23. The number of benzene rings is 2. The molecule has 0 amide bonds. The zero-order chi connectivity index (χ0) is 14.3. The fourth-order valence-electron chi connectivity index (χ4n) is 2.99. The molecule has 0 radical (unpaired) electrons. The Bertz CT molecular complexity index is 707. The van der Waals surface area contributed by atoms with E-state index in [1.807, 2.05) is 36.4 Å². The molecule has 4 rings (SSSR count). The third kappa shape index (κ3) is 1.93. The highest BCUT2D eigenvalue weighted by Gasteiger charge is 2.44. The zero-order valence-electron chi connectivity index (χ0n) is 11.8. The van der Waals surface area contributed by atoms with Gasteiger partial charge in [-0.2, -0.15) is 0 Å². The Hall–Kier alpha value is -2.26. The largest absolute Gasteiger partial charge is 0.497 e. The third-order valence-corrected chi connectivity index (χ3v) is 4.08. The molecule has 21 heavy (non-hydrogen) atoms. The molecule has 2 atom stereocenters. The second-order valence-corrected chi connectivity index (χ2v) is 5.35. The summed E-state index contributed by atoms with van der Waals surface area (Å²) in [6, 6.07) is 16.0. The van der Waals surface area contributed by atoms with Gasteiger partial charge in [0.1, 0.15) is 29.8 Å². The predicted molar refractivity (Wildman–Crippen MR) is 79.6 cm³/mol. The van der Waals surface area contributed by atoms with Crippen LogP contribution in [0.4, 0.5) is 0 Å². The summed E-state index contributed by atoms with van der Waals surface area (Å²) in [6.07, 6.45) is 4.14. The van der Waals surface area contributed by atoms with Crippen LogP contribution in [-0.4, -0.2) is 13.7 Å². The van der Waals surface area contributed by atoms with E-state index in [1.165, 1.54) is 0 Å². The Kier molecular flexibility index (Phi) is 2.76. The molecular formula is C18H16O3. The van der Waals surface area contributed by atoms with Gasteiger partial charge in [-0.25, -0.2) is 0 Å². The lowest BCUT2D eigenvalue weighted by atomic mass is 9.97. The highest BCUT2D eigenvalue weighted by molar-refractivity contribution is 5.47. The number of methoxy groups -OCH3 is 1. The van der Waals surface area contributed by atoms with Crippen LogP contribution >= 0.6 is 0 Å². The van der Waals surface area contributed by atoms with Gasteiger partial charge in [0.05, 0.1) is 7.11 Å². The Morgan fingerprint density at radius 3 is 2.95 bits per heavy atom. The van der Waals surface area contributed by atoms with Gasteiger partial charge in [-0.15, -0.1) is 0 Å². The minimum absolute atomic E-state index is 0.0742. The lowest BCUT2D eigenvalue weighted by Crippen LogP contribution is -2.26. The molecule has 3 nitrogen and oxygen atoms in total. The molecule has 0 saturated carbocycles. The average Bonchev–Trinajstić information content (AvgIpc) is 3.14. The van der Waals surface area contributed by atoms with Crippen LogP contribution in [0.1, 0.15) is 17.2 Å². The summed E-state index contributed by atoms with van der Waals surface area (Å²) in [5.41, 5.74) is 1.74. The summed E-state index contributed by atoms with van der Waals surface area (Å²) in [5.74, 6) is 1.75. The van der Waals surface area contributed by atoms with Crippen molar-refractivity contribution in [1.29, 1.82) is 0 Å². The van der Waals surface area contributed by atoms with Crippen LogP contribution in [0.2, 0.25) is 0 Å². The van der Waals surface area contributed by atoms with Crippen molar-refractivity contribution >= 4 is 0 Å². The van der Waals surface area contributed by atoms with Crippen molar-refractivity contribution in [2.24, 2.45) is 0 Å². The van der Waals surface area contributed by atoms with Gasteiger partial charge >= 0.3 is 0 Å². The first-order valence-electron chi connectivity index (χ1n) is 7.04. The van der Waals surface area contributed by atoms with E-state index in [2.05, 4.69) is 24.3 Å². The van der Waals surface area contributed by atoms with Crippen molar-refractivity contribution in [3.05, 3.63) is 71.8 Å². The van der Waals surface area contributed by atoms with E-state index in [4.69, 9.17) is 14.2 Å². The maximum Gasteiger partial charge on any atom is 0.150 e. The number of hydrogen-bond donors (Lipinski definition) is 0. The summed E-state index contributed by atoms with van der Waals surface area (Å²) >= 11 is 0. The Labute approximate surface area is 123 Å². The maximum atomic E-state index is 6.33. The summed E-state index contributed by atoms with van der Waals surface area (Å²) in [6.45, 7) is 0.531. The Morgan fingerprint density at radius 1 is 1.14 bits per heavy atom. The van der Waals surface area contributed by atoms with Crippen LogP contribution in [0.25, 0.3) is 0 Å². The number of rotatable bonds is 2. The molecular weight excluding hydrogens is 264 g/mol. The third-order valence-electron chi connectivity index (χ3n) is 4.08. The first-order valence-corrected chi connectivity index (χ1v) is 7.04. The number of ether oxygens (including phenoxy) is 3. The molecule has 0 aliphatic carbocycles. The maximum absolute atomic E-state index is 6.33. The molecule has 2 aromatic rings. The van der Waals surface area contributed by atoms with Gasteiger partial charge in [0.25, 0.3) is 0 Å². The predicted octanol–water partition coefficient (Wildman–Crippen LogP) is 3.61. The summed E-state index contributed by atoms with van der Waals surface area (Å²) in [4.78, 5) is 0. The first-order chi connectivity index (χ1) is 10.3. The second-order valence-electron chi connectivity index (χ2n) is 5.35. The van der Waals surface area contributed by atoms with Crippen LogP contribution in [-0.2, 0) is 10.3 Å². The first kappa shape index (κ1) is 12.5.